The van der Waals surface area contributed by atoms with Gasteiger partial charge in [0.1, 0.15) is 0 Å². The van der Waals surface area contributed by atoms with Crippen molar-refractivity contribution in [2.45, 2.75) is 6.92 Å². The molecule has 1 heterocycles. The van der Waals surface area contributed by atoms with Crippen molar-refractivity contribution in [3.8, 4) is 0 Å². The Kier molecular flexibility index (Phi) is 5.47. The lowest BCUT2D eigenvalue weighted by atomic mass is 9.98. The van der Waals surface area contributed by atoms with Gasteiger partial charge in [-0.3, -0.25) is 13.6 Å². The summed E-state index contributed by atoms with van der Waals surface area (Å²) < 4.78 is 27.4. The van der Waals surface area contributed by atoms with E-state index < -0.39 is 7.40 Å². The number of aliphatic imine (C=N–C) groups is 1. The lowest BCUT2D eigenvalue weighted by Crippen LogP contribution is -2.33. The molecular formula is C21H19BF2N2. The fourth-order valence-electron chi connectivity index (χ4n) is 2.87. The van der Waals surface area contributed by atoms with E-state index in [1.54, 1.807) is 31.3 Å². The molecule has 0 saturated carbocycles. The Morgan fingerprint density at radius 1 is 1.04 bits per heavy atom. The topological polar surface area (TPSA) is 15.6 Å². The second-order valence-electron chi connectivity index (χ2n) is 5.95. The summed E-state index contributed by atoms with van der Waals surface area (Å²) in [7, 11) is -0.979. The maximum Gasteiger partial charge on any atom is 0.678 e. The monoisotopic (exact) mass is 348 g/mol. The van der Waals surface area contributed by atoms with Crippen molar-refractivity contribution < 1.29 is 8.63 Å². The molecule has 1 aliphatic rings. The van der Waals surface area contributed by atoms with Gasteiger partial charge in [-0.1, -0.05) is 54.6 Å². The Morgan fingerprint density at radius 2 is 1.77 bits per heavy atom. The molecule has 0 aliphatic carbocycles. The van der Waals surface area contributed by atoms with Crippen LogP contribution in [0.15, 0.2) is 77.4 Å². The number of aryl methyl sites for hydroxylation is 1. The second kappa shape index (κ2) is 7.96. The highest BCUT2D eigenvalue weighted by molar-refractivity contribution is 6.50. The summed E-state index contributed by atoms with van der Waals surface area (Å²) in [5, 5.41) is 0. The van der Waals surface area contributed by atoms with E-state index in [0.717, 1.165) is 21.5 Å². The van der Waals surface area contributed by atoms with E-state index in [9.17, 15) is 8.63 Å². The Morgan fingerprint density at radius 3 is 2.50 bits per heavy atom. The molecule has 26 heavy (non-hydrogen) atoms. The summed E-state index contributed by atoms with van der Waals surface area (Å²) in [6.07, 6.45) is 9.00. The van der Waals surface area contributed by atoms with Crippen LogP contribution in [0.25, 0.3) is 12.2 Å². The van der Waals surface area contributed by atoms with Gasteiger partial charge in [0.15, 0.2) is 0 Å². The normalized spacial score (nSPS) is 15.6. The fraction of sp³-hybridized carbons (Fsp3) is 0.0952. The van der Waals surface area contributed by atoms with Crippen molar-refractivity contribution in [3.05, 3.63) is 89.1 Å². The van der Waals surface area contributed by atoms with Crippen LogP contribution in [0.4, 0.5) is 14.3 Å². The SMILES string of the molecule is CN=C(/C=C\c1ccccc1C)/C=C1/C=Cc2ccccc2N1B(F)F. The van der Waals surface area contributed by atoms with Crippen LogP contribution in [0.2, 0.25) is 0 Å². The van der Waals surface area contributed by atoms with Gasteiger partial charge in [0.25, 0.3) is 0 Å². The van der Waals surface area contributed by atoms with Crippen LogP contribution in [0.3, 0.4) is 0 Å². The molecule has 0 amide bonds. The molecule has 0 atom stereocenters. The molecule has 3 rings (SSSR count). The molecule has 1 aliphatic heterocycles. The molecule has 2 aromatic rings. The van der Waals surface area contributed by atoms with Crippen LogP contribution in [0, 0.1) is 6.92 Å². The summed E-state index contributed by atoms with van der Waals surface area (Å²) >= 11 is 0. The quantitative estimate of drug-likeness (QED) is 0.532. The first kappa shape index (κ1) is 17.9. The lowest BCUT2D eigenvalue weighted by molar-refractivity contribution is 0.652. The molecular weight excluding hydrogens is 329 g/mol. The number of benzene rings is 2. The van der Waals surface area contributed by atoms with Crippen LogP contribution in [-0.2, 0) is 0 Å². The minimum absolute atomic E-state index is 0.411. The fourth-order valence-corrected chi connectivity index (χ4v) is 2.87. The minimum Gasteiger partial charge on any atom is -0.325 e. The molecule has 2 nitrogen and oxygen atoms in total. The first-order valence-electron chi connectivity index (χ1n) is 8.37. The molecule has 0 radical (unpaired) electrons. The van der Waals surface area contributed by atoms with Crippen molar-refractivity contribution in [1.82, 2.24) is 0 Å². The number of allylic oxidation sites excluding steroid dienone is 3. The number of hydrogen-bond acceptors (Lipinski definition) is 2. The molecule has 0 bridgehead atoms. The third-order valence-corrected chi connectivity index (χ3v) is 4.28. The zero-order valence-corrected chi connectivity index (χ0v) is 14.7. The van der Waals surface area contributed by atoms with E-state index in [2.05, 4.69) is 4.99 Å². The van der Waals surface area contributed by atoms with E-state index in [0.29, 0.717) is 17.1 Å². The van der Waals surface area contributed by atoms with Gasteiger partial charge in [0.05, 0.1) is 5.71 Å². The first-order valence-corrected chi connectivity index (χ1v) is 8.37. The van der Waals surface area contributed by atoms with E-state index in [4.69, 9.17) is 0 Å². The third-order valence-electron chi connectivity index (χ3n) is 4.28. The molecule has 2 aromatic carbocycles. The van der Waals surface area contributed by atoms with E-state index in [-0.39, 0.29) is 0 Å². The van der Waals surface area contributed by atoms with Crippen molar-refractivity contribution >= 4 is 31.0 Å². The number of fused-ring (bicyclic) bond motifs is 1. The standard InChI is InChI=1S/C21H19BF2N2/c1-16-7-3-4-8-17(16)11-13-19(25-2)15-20-14-12-18-9-5-6-10-21(18)26(20)22(23)24/h3-15H,1-2H3/b13-11-,20-15-,25-19?. The van der Waals surface area contributed by atoms with E-state index >= 15 is 0 Å². The Hall–Kier alpha value is -2.95. The summed E-state index contributed by atoms with van der Waals surface area (Å²) in [6, 6.07) is 15.1. The van der Waals surface area contributed by atoms with Crippen LogP contribution in [-0.4, -0.2) is 20.2 Å². The summed E-state index contributed by atoms with van der Waals surface area (Å²) in [4.78, 5) is 5.25. The maximum atomic E-state index is 13.7. The Balaban J connectivity index is 1.93. The lowest BCUT2D eigenvalue weighted by Gasteiger charge is -2.28. The number of halogens is 2. The van der Waals surface area contributed by atoms with Crippen molar-refractivity contribution in [1.29, 1.82) is 0 Å². The van der Waals surface area contributed by atoms with Crippen molar-refractivity contribution in [2.24, 2.45) is 4.99 Å². The number of hydrogen-bond donors (Lipinski definition) is 0. The number of rotatable bonds is 4. The van der Waals surface area contributed by atoms with Crippen LogP contribution in [0.1, 0.15) is 16.7 Å². The van der Waals surface area contributed by atoms with Gasteiger partial charge in [0.2, 0.25) is 0 Å². The maximum absolute atomic E-state index is 13.7. The van der Waals surface area contributed by atoms with E-state index in [1.807, 2.05) is 61.5 Å². The van der Waals surface area contributed by atoms with Crippen LogP contribution < -0.4 is 4.81 Å². The zero-order valence-electron chi connectivity index (χ0n) is 14.7. The summed E-state index contributed by atoms with van der Waals surface area (Å²) in [6.45, 7) is 2.03. The summed E-state index contributed by atoms with van der Waals surface area (Å²) in [5.41, 5.74) is 4.52. The van der Waals surface area contributed by atoms with Crippen molar-refractivity contribution in [2.75, 3.05) is 11.9 Å². The number of nitrogens with zero attached hydrogens (tertiary/aromatic N) is 2. The average Bonchev–Trinajstić information content (AvgIpc) is 2.65. The number of para-hydroxylation sites is 1. The molecule has 0 saturated heterocycles. The zero-order chi connectivity index (χ0) is 18.5. The van der Waals surface area contributed by atoms with Gasteiger partial charge in [0, 0.05) is 18.4 Å². The van der Waals surface area contributed by atoms with Gasteiger partial charge in [-0.25, -0.2) is 0 Å². The smallest absolute Gasteiger partial charge is 0.325 e. The van der Waals surface area contributed by atoms with Gasteiger partial charge in [-0.05, 0) is 47.9 Å². The molecule has 0 unspecified atom stereocenters. The number of anilines is 1. The van der Waals surface area contributed by atoms with Crippen LogP contribution in [0.5, 0.6) is 0 Å². The average molecular weight is 348 g/mol. The molecule has 0 aromatic heterocycles. The van der Waals surface area contributed by atoms with Gasteiger partial charge in [-0.15, -0.1) is 0 Å². The molecule has 0 N–H and O–H groups in total. The van der Waals surface area contributed by atoms with Gasteiger partial charge >= 0.3 is 7.40 Å². The predicted molar refractivity (Wildman–Crippen MR) is 108 cm³/mol. The molecule has 5 heteroatoms. The minimum atomic E-state index is -2.63. The second-order valence-corrected chi connectivity index (χ2v) is 5.95. The molecule has 130 valence electrons. The van der Waals surface area contributed by atoms with Crippen LogP contribution >= 0.6 is 0 Å². The van der Waals surface area contributed by atoms with Gasteiger partial charge < -0.3 is 4.81 Å². The largest absolute Gasteiger partial charge is 0.678 e. The third kappa shape index (κ3) is 3.82. The Labute approximate surface area is 153 Å². The highest BCUT2D eigenvalue weighted by Gasteiger charge is 2.31. The van der Waals surface area contributed by atoms with E-state index in [1.165, 1.54) is 0 Å². The summed E-state index contributed by atoms with van der Waals surface area (Å²) in [5.74, 6) is 0. The molecule has 0 spiro atoms. The highest BCUT2D eigenvalue weighted by Crippen LogP contribution is 2.32. The highest BCUT2D eigenvalue weighted by atomic mass is 19.2. The van der Waals surface area contributed by atoms with Crippen molar-refractivity contribution in [3.63, 3.8) is 0 Å². The first-order chi connectivity index (χ1) is 12.6. The van der Waals surface area contributed by atoms with Gasteiger partial charge in [-0.2, -0.15) is 0 Å². The Bertz CT molecular complexity index is 914. The predicted octanol–water partition coefficient (Wildman–Crippen LogP) is 5.42. The molecule has 0 fully saturated rings.